The van der Waals surface area contributed by atoms with Crippen molar-refractivity contribution in [3.8, 4) is 11.1 Å². The van der Waals surface area contributed by atoms with Gasteiger partial charge in [-0.25, -0.2) is 8.78 Å². The minimum atomic E-state index is -2.97. The van der Waals surface area contributed by atoms with E-state index in [-0.39, 0.29) is 17.4 Å². The molecule has 0 bridgehead atoms. The van der Waals surface area contributed by atoms with E-state index >= 15 is 0 Å². The second-order valence-corrected chi connectivity index (χ2v) is 9.46. The minimum Gasteiger partial charge on any atom is -0.345 e. The lowest BCUT2D eigenvalue weighted by molar-refractivity contribution is -0.131. The molecule has 0 spiro atoms. The van der Waals surface area contributed by atoms with Crippen LogP contribution in [0.3, 0.4) is 0 Å². The summed E-state index contributed by atoms with van der Waals surface area (Å²) in [4.78, 5) is 19.5. The molecule has 2 atom stereocenters. The fraction of sp³-hybridized carbons (Fsp3) is 0.261. The molecule has 1 aliphatic rings. The van der Waals surface area contributed by atoms with Crippen molar-refractivity contribution in [1.29, 1.82) is 5.41 Å². The number of hydrogen-bond donors (Lipinski definition) is 2. The van der Waals surface area contributed by atoms with Crippen LogP contribution in [-0.4, -0.2) is 28.8 Å². The third-order valence-corrected chi connectivity index (χ3v) is 7.14. The highest BCUT2D eigenvalue weighted by molar-refractivity contribution is 7.10. The number of rotatable bonds is 4. The largest absolute Gasteiger partial charge is 0.345 e. The van der Waals surface area contributed by atoms with Crippen LogP contribution in [0.1, 0.15) is 35.8 Å². The van der Waals surface area contributed by atoms with Crippen LogP contribution in [0, 0.1) is 5.41 Å². The molecule has 0 saturated carbocycles. The Bertz CT molecular complexity index is 1190. The summed E-state index contributed by atoms with van der Waals surface area (Å²) >= 11 is 7.52. The lowest BCUT2D eigenvalue weighted by Gasteiger charge is -2.45. The maximum atomic E-state index is 13.7. The van der Waals surface area contributed by atoms with Gasteiger partial charge in [-0.3, -0.25) is 20.1 Å². The van der Waals surface area contributed by atoms with Gasteiger partial charge < -0.3 is 5.32 Å². The van der Waals surface area contributed by atoms with Crippen LogP contribution in [0.4, 0.5) is 8.78 Å². The monoisotopic (exact) mass is 474 g/mol. The highest BCUT2D eigenvalue weighted by Crippen LogP contribution is 2.44. The molecule has 0 unspecified atom stereocenters. The number of nitrogens with zero attached hydrogens (tertiary/aromatic N) is 2. The molecule has 1 aliphatic heterocycles. The van der Waals surface area contributed by atoms with E-state index in [4.69, 9.17) is 17.0 Å². The van der Waals surface area contributed by atoms with Crippen molar-refractivity contribution in [3.63, 3.8) is 0 Å². The predicted octanol–water partition coefficient (Wildman–Crippen LogP) is 5.57. The quantitative estimate of drug-likeness (QED) is 0.519. The third-order valence-electron chi connectivity index (χ3n) is 5.77. The SMILES string of the molecule is CN1C(=N)N[C@](C)(c2cc(-c3cncc(Cl)c3)cs2)[C@@H](c2ccc(C(C)(F)F)cc2)C1=O. The van der Waals surface area contributed by atoms with E-state index < -0.39 is 17.4 Å². The van der Waals surface area contributed by atoms with Crippen LogP contribution in [0.5, 0.6) is 0 Å². The number of carbonyl (C=O) groups is 1. The van der Waals surface area contributed by atoms with E-state index in [0.29, 0.717) is 10.6 Å². The number of likely N-dealkylation sites (N-methyl/N-ethyl adjacent to an activating group) is 1. The van der Waals surface area contributed by atoms with Gasteiger partial charge in [-0.05, 0) is 35.6 Å². The van der Waals surface area contributed by atoms with Gasteiger partial charge >= 0.3 is 0 Å². The molecular weight excluding hydrogens is 454 g/mol. The number of nitrogens with one attached hydrogen (secondary N) is 2. The van der Waals surface area contributed by atoms with Crippen molar-refractivity contribution >= 4 is 34.8 Å². The molecule has 2 N–H and O–H groups in total. The summed E-state index contributed by atoms with van der Waals surface area (Å²) in [6, 6.07) is 9.57. The van der Waals surface area contributed by atoms with Crippen molar-refractivity contribution in [1.82, 2.24) is 15.2 Å². The van der Waals surface area contributed by atoms with Crippen LogP contribution >= 0.6 is 22.9 Å². The second-order valence-electron chi connectivity index (χ2n) is 8.11. The summed E-state index contributed by atoms with van der Waals surface area (Å²) in [6.45, 7) is 2.69. The molecule has 0 radical (unpaired) electrons. The Morgan fingerprint density at radius 3 is 2.53 bits per heavy atom. The lowest BCUT2D eigenvalue weighted by Crippen LogP contribution is -2.62. The number of aromatic nitrogens is 1. The average molecular weight is 475 g/mol. The standard InChI is InChI=1S/C23H21ClF2N4OS/c1-22(18-9-15(12-32-18)14-8-17(24)11-28-10-14)19(20(31)30(3)21(27)29-22)13-4-6-16(7-5-13)23(2,25)26/h4-12,19H,1-3H3,(H2,27,29)/t19-,22+/m0/s1. The first-order valence-electron chi connectivity index (χ1n) is 9.83. The summed E-state index contributed by atoms with van der Waals surface area (Å²) in [5.41, 5.74) is 1.25. The van der Waals surface area contributed by atoms with Gasteiger partial charge in [0, 0.05) is 42.4 Å². The Hall–Kier alpha value is -2.84. The molecule has 1 aromatic carbocycles. The van der Waals surface area contributed by atoms with Gasteiger partial charge in [0.15, 0.2) is 5.96 Å². The number of thiophene rings is 1. The maximum Gasteiger partial charge on any atom is 0.270 e. The van der Waals surface area contributed by atoms with Crippen LogP contribution in [0.25, 0.3) is 11.1 Å². The van der Waals surface area contributed by atoms with Crippen LogP contribution in [0.2, 0.25) is 5.02 Å². The average Bonchev–Trinajstić information content (AvgIpc) is 3.23. The number of pyridine rings is 1. The molecule has 1 fully saturated rings. The van der Waals surface area contributed by atoms with Gasteiger partial charge in [0.05, 0.1) is 16.5 Å². The summed E-state index contributed by atoms with van der Waals surface area (Å²) in [6.07, 6.45) is 3.26. The Labute approximate surface area is 193 Å². The Morgan fingerprint density at radius 1 is 1.22 bits per heavy atom. The maximum absolute atomic E-state index is 13.7. The molecule has 3 aromatic rings. The Kier molecular flexibility index (Phi) is 5.55. The van der Waals surface area contributed by atoms with Gasteiger partial charge in [0.2, 0.25) is 5.91 Å². The molecule has 4 rings (SSSR count). The molecule has 2 aromatic heterocycles. The van der Waals surface area contributed by atoms with E-state index in [1.54, 1.807) is 30.6 Å². The molecule has 166 valence electrons. The van der Waals surface area contributed by atoms with E-state index in [1.807, 2.05) is 18.4 Å². The molecule has 9 heteroatoms. The second kappa shape index (κ2) is 7.94. The Balaban J connectivity index is 1.79. The molecule has 32 heavy (non-hydrogen) atoms. The predicted molar refractivity (Wildman–Crippen MR) is 122 cm³/mol. The fourth-order valence-corrected chi connectivity index (χ4v) is 5.17. The van der Waals surface area contributed by atoms with Crippen LogP contribution < -0.4 is 5.32 Å². The van der Waals surface area contributed by atoms with Crippen molar-refractivity contribution < 1.29 is 13.6 Å². The first-order chi connectivity index (χ1) is 15.0. The smallest absolute Gasteiger partial charge is 0.270 e. The molecule has 5 nitrogen and oxygen atoms in total. The van der Waals surface area contributed by atoms with Crippen LogP contribution in [-0.2, 0) is 16.3 Å². The van der Waals surface area contributed by atoms with Crippen molar-refractivity contribution in [3.05, 3.63) is 75.2 Å². The minimum absolute atomic E-state index is 0.0233. The zero-order chi connectivity index (χ0) is 23.3. The third kappa shape index (κ3) is 3.89. The zero-order valence-corrected chi connectivity index (χ0v) is 19.2. The summed E-state index contributed by atoms with van der Waals surface area (Å²) in [5, 5.41) is 13.9. The number of hydrogen-bond acceptors (Lipinski definition) is 4. The number of halogens is 3. The Morgan fingerprint density at radius 2 is 1.91 bits per heavy atom. The number of amides is 1. The van der Waals surface area contributed by atoms with E-state index in [2.05, 4.69) is 10.3 Å². The van der Waals surface area contributed by atoms with Crippen molar-refractivity contribution in [2.75, 3.05) is 7.05 Å². The number of carbonyl (C=O) groups excluding carboxylic acids is 1. The summed E-state index contributed by atoms with van der Waals surface area (Å²) < 4.78 is 27.4. The van der Waals surface area contributed by atoms with Gasteiger partial charge in [0.1, 0.15) is 0 Å². The highest BCUT2D eigenvalue weighted by atomic mass is 35.5. The first-order valence-corrected chi connectivity index (χ1v) is 11.1. The molecule has 0 aliphatic carbocycles. The molecule has 1 saturated heterocycles. The van der Waals surface area contributed by atoms with Crippen molar-refractivity contribution in [2.45, 2.75) is 31.2 Å². The van der Waals surface area contributed by atoms with E-state index in [9.17, 15) is 13.6 Å². The van der Waals surface area contributed by atoms with Crippen LogP contribution in [0.15, 0.2) is 54.2 Å². The van der Waals surface area contributed by atoms with Gasteiger partial charge in [-0.2, -0.15) is 0 Å². The van der Waals surface area contributed by atoms with Gasteiger partial charge in [-0.1, -0.05) is 35.9 Å². The first kappa shape index (κ1) is 22.4. The molecule has 1 amide bonds. The zero-order valence-electron chi connectivity index (χ0n) is 17.6. The number of alkyl halides is 2. The summed E-state index contributed by atoms with van der Waals surface area (Å²) in [5.74, 6) is -4.00. The number of guanidine groups is 1. The summed E-state index contributed by atoms with van der Waals surface area (Å²) in [7, 11) is 1.52. The highest BCUT2D eigenvalue weighted by Gasteiger charge is 2.49. The topological polar surface area (TPSA) is 69.1 Å². The van der Waals surface area contributed by atoms with Gasteiger partial charge in [-0.15, -0.1) is 11.3 Å². The normalized spacial score (nSPS) is 21.6. The molecular formula is C23H21ClF2N4OS. The van der Waals surface area contributed by atoms with E-state index in [0.717, 1.165) is 22.9 Å². The fourth-order valence-electron chi connectivity index (χ4n) is 3.93. The molecule has 3 heterocycles. The number of benzene rings is 1. The van der Waals surface area contributed by atoms with Gasteiger partial charge in [0.25, 0.3) is 5.92 Å². The van der Waals surface area contributed by atoms with E-state index in [1.165, 1.54) is 35.4 Å². The van der Waals surface area contributed by atoms with Crippen molar-refractivity contribution in [2.24, 2.45) is 0 Å². The lowest BCUT2D eigenvalue weighted by atomic mass is 9.76.